The van der Waals surface area contributed by atoms with Crippen molar-refractivity contribution in [3.05, 3.63) is 28.8 Å². The summed E-state index contributed by atoms with van der Waals surface area (Å²) in [6, 6.07) is 7.32. The number of rotatable bonds is 1. The van der Waals surface area contributed by atoms with E-state index >= 15 is 0 Å². The molecule has 1 aromatic rings. The first kappa shape index (κ1) is 20.5. The van der Waals surface area contributed by atoms with E-state index in [2.05, 4.69) is 5.32 Å². The zero-order valence-corrected chi connectivity index (χ0v) is 16.5. The van der Waals surface area contributed by atoms with Crippen LogP contribution in [0, 0.1) is 34.5 Å². The minimum absolute atomic E-state index is 0.160. The van der Waals surface area contributed by atoms with E-state index in [9.17, 15) is 25.2 Å². The molecule has 2 N–H and O–H groups in total. The third-order valence-corrected chi connectivity index (χ3v) is 4.94. The van der Waals surface area contributed by atoms with Gasteiger partial charge in [-0.2, -0.15) is 10.5 Å². The van der Waals surface area contributed by atoms with Crippen LogP contribution in [-0.2, 0) is 20.4 Å². The molecule has 0 aromatic heterocycles. The lowest BCUT2D eigenvalue weighted by Gasteiger charge is -2.33. The number of nitriles is 2. The Kier molecular flexibility index (Phi) is 5.08. The minimum atomic E-state index is -1.16. The summed E-state index contributed by atoms with van der Waals surface area (Å²) in [5.74, 6) is -4.42. The molecule has 2 amide bonds. The molecule has 0 bridgehead atoms. The van der Waals surface area contributed by atoms with Crippen LogP contribution in [-0.4, -0.2) is 16.9 Å². The van der Waals surface area contributed by atoms with E-state index in [4.69, 9.17) is 0 Å². The van der Waals surface area contributed by atoms with Crippen molar-refractivity contribution in [2.45, 2.75) is 58.3 Å². The number of hydrogen-bond acceptors (Lipinski definition) is 5. The highest BCUT2D eigenvalue weighted by atomic mass is 16.3. The van der Waals surface area contributed by atoms with E-state index in [-0.39, 0.29) is 5.75 Å². The van der Waals surface area contributed by atoms with Gasteiger partial charge in [-0.3, -0.25) is 14.9 Å². The van der Waals surface area contributed by atoms with Gasteiger partial charge in [0.05, 0.1) is 12.1 Å². The van der Waals surface area contributed by atoms with Gasteiger partial charge in [0.15, 0.2) is 0 Å². The lowest BCUT2D eigenvalue weighted by Crippen LogP contribution is -2.49. The number of benzene rings is 1. The maximum absolute atomic E-state index is 12.2. The predicted octanol–water partition coefficient (Wildman–Crippen LogP) is 3.01. The normalized spacial score (nSPS) is 21.3. The van der Waals surface area contributed by atoms with Crippen LogP contribution in [0.2, 0.25) is 0 Å². The maximum atomic E-state index is 12.2. The third-order valence-electron chi connectivity index (χ3n) is 4.94. The van der Waals surface area contributed by atoms with Gasteiger partial charge < -0.3 is 5.11 Å². The molecule has 1 aliphatic rings. The summed E-state index contributed by atoms with van der Waals surface area (Å²) < 4.78 is 0. The largest absolute Gasteiger partial charge is 0.507 e. The second-order valence-corrected chi connectivity index (χ2v) is 9.06. The van der Waals surface area contributed by atoms with Gasteiger partial charge in [-0.15, -0.1) is 0 Å². The Hall–Kier alpha value is -2.86. The number of aromatic hydroxyl groups is 1. The minimum Gasteiger partial charge on any atom is -0.507 e. The second-order valence-electron chi connectivity index (χ2n) is 9.06. The number of carbonyl (C=O) groups excluding carboxylic acids is 2. The smallest absolute Gasteiger partial charge is 0.244 e. The average Bonchev–Trinajstić information content (AvgIpc) is 2.52. The summed E-state index contributed by atoms with van der Waals surface area (Å²) in [7, 11) is 0. The molecule has 1 aliphatic heterocycles. The van der Waals surface area contributed by atoms with Crippen molar-refractivity contribution >= 4 is 11.8 Å². The molecule has 27 heavy (non-hydrogen) atoms. The zero-order valence-electron chi connectivity index (χ0n) is 16.5. The Morgan fingerprint density at radius 2 is 1.26 bits per heavy atom. The first-order valence-electron chi connectivity index (χ1n) is 8.84. The number of amides is 2. The fraction of sp³-hybridized carbons (Fsp3) is 0.524. The first-order chi connectivity index (χ1) is 12.3. The van der Waals surface area contributed by atoms with Gasteiger partial charge in [-0.25, -0.2) is 0 Å². The molecule has 2 rings (SSSR count). The van der Waals surface area contributed by atoms with Gasteiger partial charge in [0, 0.05) is 5.92 Å². The Morgan fingerprint density at radius 3 is 1.56 bits per heavy atom. The van der Waals surface area contributed by atoms with Crippen LogP contribution in [0.15, 0.2) is 12.1 Å². The Labute approximate surface area is 159 Å². The monoisotopic (exact) mass is 367 g/mol. The van der Waals surface area contributed by atoms with Gasteiger partial charge in [0.1, 0.15) is 17.6 Å². The van der Waals surface area contributed by atoms with Crippen LogP contribution in [0.5, 0.6) is 5.75 Å². The van der Waals surface area contributed by atoms with Crippen molar-refractivity contribution in [1.29, 1.82) is 10.5 Å². The SMILES string of the molecule is CC(C)(C)c1cc(C2[C@@H](C#N)C(=O)NC(=O)[C@@H]2C#N)cc(C(C)(C)C)c1O. The molecule has 1 fully saturated rings. The van der Waals surface area contributed by atoms with E-state index in [1.54, 1.807) is 12.1 Å². The fourth-order valence-corrected chi connectivity index (χ4v) is 3.45. The summed E-state index contributed by atoms with van der Waals surface area (Å²) in [6.45, 7) is 11.7. The standard InChI is InChI=1S/C21H25N3O3/c1-20(2,3)14-7-11(8-15(17(14)25)21(4,5)6)16-12(9-22)18(26)24-19(27)13(16)10-23/h7-8,12-13,16,25H,1-6H3,(H,24,26,27)/t12-,13-/m1/s1. The van der Waals surface area contributed by atoms with Crippen LogP contribution in [0.3, 0.4) is 0 Å². The maximum Gasteiger partial charge on any atom is 0.244 e. The second kappa shape index (κ2) is 6.70. The van der Waals surface area contributed by atoms with Crippen molar-refractivity contribution in [3.8, 4) is 17.9 Å². The summed E-state index contributed by atoms with van der Waals surface area (Å²) in [4.78, 5) is 24.4. The highest BCUT2D eigenvalue weighted by molar-refractivity contribution is 6.03. The number of carbonyl (C=O) groups is 2. The third kappa shape index (κ3) is 3.66. The highest BCUT2D eigenvalue weighted by Crippen LogP contribution is 2.44. The molecule has 2 atom stereocenters. The Balaban J connectivity index is 2.83. The highest BCUT2D eigenvalue weighted by Gasteiger charge is 2.46. The number of piperidine rings is 1. The topological polar surface area (TPSA) is 114 Å². The number of imide groups is 1. The van der Waals surface area contributed by atoms with Gasteiger partial charge in [-0.1, -0.05) is 53.7 Å². The van der Waals surface area contributed by atoms with Crippen LogP contribution in [0.4, 0.5) is 0 Å². The summed E-state index contributed by atoms with van der Waals surface area (Å²) >= 11 is 0. The molecule has 1 aromatic carbocycles. The van der Waals surface area contributed by atoms with Crippen molar-refractivity contribution in [3.63, 3.8) is 0 Å². The van der Waals surface area contributed by atoms with Crippen molar-refractivity contribution in [1.82, 2.24) is 5.32 Å². The van der Waals surface area contributed by atoms with Crippen molar-refractivity contribution < 1.29 is 14.7 Å². The van der Waals surface area contributed by atoms with Crippen molar-refractivity contribution in [2.24, 2.45) is 11.8 Å². The number of hydrogen-bond donors (Lipinski definition) is 2. The number of phenolic OH excluding ortho intramolecular Hbond substituents is 1. The van der Waals surface area contributed by atoms with Gasteiger partial charge in [0.2, 0.25) is 11.8 Å². The number of nitrogens with zero attached hydrogens (tertiary/aromatic N) is 2. The number of nitrogens with one attached hydrogen (secondary N) is 1. The molecule has 1 heterocycles. The van der Waals surface area contributed by atoms with E-state index in [1.165, 1.54) is 0 Å². The van der Waals surface area contributed by atoms with Crippen molar-refractivity contribution in [2.75, 3.05) is 0 Å². The molecular weight excluding hydrogens is 342 g/mol. The first-order valence-corrected chi connectivity index (χ1v) is 8.84. The van der Waals surface area contributed by atoms with Gasteiger partial charge in [-0.05, 0) is 27.5 Å². The summed E-state index contributed by atoms with van der Waals surface area (Å²) in [5, 5.41) is 32.0. The number of phenols is 1. The lowest BCUT2D eigenvalue weighted by molar-refractivity contribution is -0.137. The van der Waals surface area contributed by atoms with E-state index < -0.39 is 40.4 Å². The molecular formula is C21H25N3O3. The molecule has 0 unspecified atom stereocenters. The fourth-order valence-electron chi connectivity index (χ4n) is 3.45. The molecule has 6 heteroatoms. The molecule has 0 aliphatic carbocycles. The molecule has 0 saturated carbocycles. The lowest BCUT2D eigenvalue weighted by atomic mass is 9.71. The average molecular weight is 367 g/mol. The molecule has 0 spiro atoms. The quantitative estimate of drug-likeness (QED) is 0.741. The summed E-state index contributed by atoms with van der Waals surface area (Å²) in [5.41, 5.74) is 1.02. The molecule has 1 saturated heterocycles. The molecule has 6 nitrogen and oxygen atoms in total. The molecule has 142 valence electrons. The van der Waals surface area contributed by atoms with E-state index in [0.717, 1.165) is 0 Å². The van der Waals surface area contributed by atoms with Crippen LogP contribution < -0.4 is 5.32 Å². The summed E-state index contributed by atoms with van der Waals surface area (Å²) in [6.07, 6.45) is 0. The van der Waals surface area contributed by atoms with E-state index in [0.29, 0.717) is 16.7 Å². The van der Waals surface area contributed by atoms with Gasteiger partial charge in [0.25, 0.3) is 0 Å². The zero-order chi connectivity index (χ0) is 20.7. The Morgan fingerprint density at radius 1 is 0.889 bits per heavy atom. The van der Waals surface area contributed by atoms with E-state index in [1.807, 2.05) is 53.7 Å². The van der Waals surface area contributed by atoms with Crippen LogP contribution in [0.1, 0.15) is 64.2 Å². The molecule has 0 radical (unpaired) electrons. The predicted molar refractivity (Wildman–Crippen MR) is 99.6 cm³/mol. The Bertz CT molecular complexity index is 809. The van der Waals surface area contributed by atoms with Gasteiger partial charge >= 0.3 is 0 Å². The van der Waals surface area contributed by atoms with Crippen LogP contribution >= 0.6 is 0 Å². The van der Waals surface area contributed by atoms with Crippen LogP contribution in [0.25, 0.3) is 0 Å².